The molecule has 0 spiro atoms. The van der Waals surface area contributed by atoms with Gasteiger partial charge in [-0.05, 0) is 37.8 Å². The van der Waals surface area contributed by atoms with Gasteiger partial charge in [-0.25, -0.2) is 4.39 Å². The van der Waals surface area contributed by atoms with E-state index in [1.807, 2.05) is 13.0 Å². The number of benzene rings is 1. The average molecular weight is 262 g/mol. The maximum absolute atomic E-state index is 13.8. The van der Waals surface area contributed by atoms with Crippen LogP contribution in [0, 0.1) is 23.1 Å². The normalized spacial score (nSPS) is 24.1. The first kappa shape index (κ1) is 14.0. The van der Waals surface area contributed by atoms with Crippen LogP contribution in [0.4, 0.5) is 4.39 Å². The van der Waals surface area contributed by atoms with Gasteiger partial charge in [0.2, 0.25) is 0 Å². The summed E-state index contributed by atoms with van der Waals surface area (Å²) in [5.74, 6) is -0.0880. The van der Waals surface area contributed by atoms with Gasteiger partial charge in [-0.3, -0.25) is 0 Å². The lowest BCUT2D eigenvalue weighted by Gasteiger charge is -2.20. The minimum atomic E-state index is -0.356. The first-order valence-corrected chi connectivity index (χ1v) is 6.73. The molecule has 1 saturated carbocycles. The first-order valence-electron chi connectivity index (χ1n) is 6.73. The Kier molecular flexibility index (Phi) is 4.52. The number of nitrogens with one attached hydrogen (secondary N) is 1. The fourth-order valence-electron chi connectivity index (χ4n) is 2.64. The van der Waals surface area contributed by atoms with Crippen LogP contribution in [0.5, 0.6) is 0 Å². The molecule has 1 fully saturated rings. The standard InChI is InChI=1S/C15H19FN2O/c1-10(18-9-12-3-2-4-15(12)19)13-6-5-11(8-17)7-14(13)16/h5-7,10,12,15,18-19H,2-4,9H2,1H3. The summed E-state index contributed by atoms with van der Waals surface area (Å²) in [5.41, 5.74) is 0.895. The molecule has 19 heavy (non-hydrogen) atoms. The van der Waals surface area contributed by atoms with Gasteiger partial charge in [0.1, 0.15) is 5.82 Å². The second-order valence-corrected chi connectivity index (χ2v) is 5.24. The van der Waals surface area contributed by atoms with Crippen molar-refractivity contribution >= 4 is 0 Å². The summed E-state index contributed by atoms with van der Waals surface area (Å²) in [6.07, 6.45) is 2.72. The second kappa shape index (κ2) is 6.14. The van der Waals surface area contributed by atoms with E-state index in [9.17, 15) is 9.50 Å². The third kappa shape index (κ3) is 3.31. The molecule has 1 aromatic rings. The van der Waals surface area contributed by atoms with Crippen molar-refractivity contribution in [3.8, 4) is 6.07 Å². The van der Waals surface area contributed by atoms with Crippen LogP contribution in [0.1, 0.15) is 43.4 Å². The second-order valence-electron chi connectivity index (χ2n) is 5.24. The zero-order chi connectivity index (χ0) is 13.8. The van der Waals surface area contributed by atoms with E-state index in [1.54, 1.807) is 12.1 Å². The fourth-order valence-corrected chi connectivity index (χ4v) is 2.64. The number of aliphatic hydroxyl groups is 1. The van der Waals surface area contributed by atoms with Gasteiger partial charge in [-0.2, -0.15) is 5.26 Å². The predicted molar refractivity (Wildman–Crippen MR) is 70.9 cm³/mol. The van der Waals surface area contributed by atoms with Gasteiger partial charge in [-0.1, -0.05) is 12.5 Å². The number of nitriles is 1. The molecule has 1 aliphatic rings. The van der Waals surface area contributed by atoms with E-state index in [1.165, 1.54) is 6.07 Å². The molecule has 1 aromatic carbocycles. The Hall–Kier alpha value is -1.44. The van der Waals surface area contributed by atoms with Gasteiger partial charge in [-0.15, -0.1) is 0 Å². The molecular formula is C15H19FN2O. The minimum absolute atomic E-state index is 0.124. The van der Waals surface area contributed by atoms with Crippen LogP contribution in [0.2, 0.25) is 0 Å². The van der Waals surface area contributed by atoms with Crippen LogP contribution in [0.3, 0.4) is 0 Å². The molecule has 0 radical (unpaired) electrons. The highest BCUT2D eigenvalue weighted by molar-refractivity contribution is 5.34. The van der Waals surface area contributed by atoms with E-state index in [4.69, 9.17) is 5.26 Å². The van der Waals surface area contributed by atoms with Crippen molar-refractivity contribution in [1.82, 2.24) is 5.32 Å². The lowest BCUT2D eigenvalue weighted by Crippen LogP contribution is -2.30. The number of halogens is 1. The van der Waals surface area contributed by atoms with Crippen molar-refractivity contribution in [2.75, 3.05) is 6.54 Å². The predicted octanol–water partition coefficient (Wildman–Crippen LogP) is 2.51. The number of hydrogen-bond acceptors (Lipinski definition) is 3. The molecule has 1 aliphatic carbocycles. The molecule has 2 N–H and O–H groups in total. The molecule has 3 nitrogen and oxygen atoms in total. The van der Waals surface area contributed by atoms with Gasteiger partial charge >= 0.3 is 0 Å². The average Bonchev–Trinajstić information content (AvgIpc) is 2.81. The molecule has 4 heteroatoms. The summed E-state index contributed by atoms with van der Waals surface area (Å²) in [6.45, 7) is 2.59. The molecule has 3 atom stereocenters. The molecule has 3 unspecified atom stereocenters. The lowest BCUT2D eigenvalue weighted by molar-refractivity contribution is 0.130. The SMILES string of the molecule is CC(NCC1CCCC1O)c1ccc(C#N)cc1F. The molecule has 0 bridgehead atoms. The van der Waals surface area contributed by atoms with Crippen LogP contribution in [-0.2, 0) is 0 Å². The maximum atomic E-state index is 13.8. The van der Waals surface area contributed by atoms with Crippen LogP contribution < -0.4 is 5.32 Å². The van der Waals surface area contributed by atoms with E-state index in [0.717, 1.165) is 19.3 Å². The highest BCUT2D eigenvalue weighted by Crippen LogP contribution is 2.26. The molecule has 0 heterocycles. The van der Waals surface area contributed by atoms with Crippen molar-refractivity contribution in [2.45, 2.75) is 38.3 Å². The van der Waals surface area contributed by atoms with E-state index in [2.05, 4.69) is 5.32 Å². The highest BCUT2D eigenvalue weighted by Gasteiger charge is 2.25. The van der Waals surface area contributed by atoms with Crippen LogP contribution in [0.15, 0.2) is 18.2 Å². The zero-order valence-corrected chi connectivity index (χ0v) is 11.1. The summed E-state index contributed by atoms with van der Waals surface area (Å²) in [5, 5.41) is 21.7. The Bertz CT molecular complexity index is 484. The summed E-state index contributed by atoms with van der Waals surface area (Å²) >= 11 is 0. The number of aliphatic hydroxyl groups excluding tert-OH is 1. The highest BCUT2D eigenvalue weighted by atomic mass is 19.1. The number of nitrogens with zero attached hydrogens (tertiary/aromatic N) is 1. The van der Waals surface area contributed by atoms with Gasteiger partial charge in [0, 0.05) is 18.2 Å². The van der Waals surface area contributed by atoms with E-state index in [0.29, 0.717) is 17.7 Å². The molecule has 0 aliphatic heterocycles. The van der Waals surface area contributed by atoms with E-state index < -0.39 is 0 Å². The Morgan fingerprint density at radius 3 is 2.89 bits per heavy atom. The Labute approximate surface area is 113 Å². The Morgan fingerprint density at radius 2 is 2.32 bits per heavy atom. The van der Waals surface area contributed by atoms with Gasteiger partial charge in [0.15, 0.2) is 0 Å². The minimum Gasteiger partial charge on any atom is -0.393 e. The third-order valence-corrected chi connectivity index (χ3v) is 3.90. The topological polar surface area (TPSA) is 56.0 Å². The molecule has 0 aromatic heterocycles. The third-order valence-electron chi connectivity index (χ3n) is 3.90. The lowest BCUT2D eigenvalue weighted by atomic mass is 10.0. The van der Waals surface area contributed by atoms with Gasteiger partial charge in [0.25, 0.3) is 0 Å². The summed E-state index contributed by atoms with van der Waals surface area (Å²) in [4.78, 5) is 0. The Morgan fingerprint density at radius 1 is 1.53 bits per heavy atom. The first-order chi connectivity index (χ1) is 9.11. The van der Waals surface area contributed by atoms with Crippen molar-refractivity contribution in [2.24, 2.45) is 5.92 Å². The van der Waals surface area contributed by atoms with E-state index in [-0.39, 0.29) is 23.9 Å². The van der Waals surface area contributed by atoms with Crippen LogP contribution in [-0.4, -0.2) is 17.8 Å². The summed E-state index contributed by atoms with van der Waals surface area (Å²) < 4.78 is 13.8. The van der Waals surface area contributed by atoms with Gasteiger partial charge in [0.05, 0.1) is 17.7 Å². The maximum Gasteiger partial charge on any atom is 0.129 e. The van der Waals surface area contributed by atoms with Crippen molar-refractivity contribution in [1.29, 1.82) is 5.26 Å². The molecule has 0 saturated heterocycles. The molecule has 0 amide bonds. The van der Waals surface area contributed by atoms with E-state index >= 15 is 0 Å². The monoisotopic (exact) mass is 262 g/mol. The van der Waals surface area contributed by atoms with Crippen molar-refractivity contribution in [3.63, 3.8) is 0 Å². The van der Waals surface area contributed by atoms with Crippen LogP contribution in [0.25, 0.3) is 0 Å². The van der Waals surface area contributed by atoms with Gasteiger partial charge < -0.3 is 10.4 Å². The number of hydrogen-bond donors (Lipinski definition) is 2. The Balaban J connectivity index is 1.96. The molecular weight excluding hydrogens is 243 g/mol. The summed E-state index contributed by atoms with van der Waals surface area (Å²) in [6, 6.07) is 6.34. The van der Waals surface area contributed by atoms with Crippen LogP contribution >= 0.6 is 0 Å². The molecule has 102 valence electrons. The fraction of sp³-hybridized carbons (Fsp3) is 0.533. The quantitative estimate of drug-likeness (QED) is 0.876. The largest absolute Gasteiger partial charge is 0.393 e. The summed E-state index contributed by atoms with van der Waals surface area (Å²) in [7, 11) is 0. The van der Waals surface area contributed by atoms with Crippen molar-refractivity contribution < 1.29 is 9.50 Å². The smallest absolute Gasteiger partial charge is 0.129 e. The number of rotatable bonds is 4. The molecule has 2 rings (SSSR count). The van der Waals surface area contributed by atoms with Crippen molar-refractivity contribution in [3.05, 3.63) is 35.1 Å². The zero-order valence-electron chi connectivity index (χ0n) is 11.1.